The number of rotatable bonds is 5. The van der Waals surface area contributed by atoms with Crippen LogP contribution in [-0.2, 0) is 4.74 Å². The van der Waals surface area contributed by atoms with E-state index in [1.165, 1.54) is 17.4 Å². The third-order valence-electron chi connectivity index (χ3n) is 3.40. The van der Waals surface area contributed by atoms with E-state index in [1.807, 2.05) is 13.8 Å². The lowest BCUT2D eigenvalue weighted by Gasteiger charge is -2.14. The molecule has 0 saturated heterocycles. The molecule has 0 aromatic carbocycles. The minimum absolute atomic E-state index is 0.171. The maximum atomic E-state index is 13.3. The summed E-state index contributed by atoms with van der Waals surface area (Å²) in [6, 6.07) is 1.07. The van der Waals surface area contributed by atoms with Crippen LogP contribution in [-0.4, -0.2) is 32.5 Å². The number of esters is 1. The minimum Gasteiger partial charge on any atom is -0.461 e. The van der Waals surface area contributed by atoms with Crippen molar-refractivity contribution < 1.29 is 13.9 Å². The van der Waals surface area contributed by atoms with Crippen LogP contribution in [0.2, 0.25) is 0 Å². The van der Waals surface area contributed by atoms with Crippen LogP contribution in [0.1, 0.15) is 40.9 Å². The van der Waals surface area contributed by atoms with E-state index in [0.717, 1.165) is 11.2 Å². The van der Waals surface area contributed by atoms with Crippen LogP contribution in [0, 0.1) is 12.7 Å². The van der Waals surface area contributed by atoms with Gasteiger partial charge in [-0.25, -0.2) is 19.2 Å². The van der Waals surface area contributed by atoms with Gasteiger partial charge in [0.05, 0.1) is 23.9 Å². The molecule has 0 amide bonds. The average molecular weight is 361 g/mol. The Morgan fingerprint density at radius 2 is 2.16 bits per heavy atom. The van der Waals surface area contributed by atoms with E-state index in [2.05, 4.69) is 25.3 Å². The zero-order valence-corrected chi connectivity index (χ0v) is 14.7. The second-order valence-corrected chi connectivity index (χ2v) is 6.51. The molecule has 9 heteroatoms. The lowest BCUT2D eigenvalue weighted by molar-refractivity contribution is 0.0522. The van der Waals surface area contributed by atoms with Crippen molar-refractivity contribution in [3.63, 3.8) is 0 Å². The minimum atomic E-state index is -0.526. The third kappa shape index (κ3) is 3.71. The van der Waals surface area contributed by atoms with E-state index in [9.17, 15) is 9.18 Å². The number of ether oxygens (including phenoxy) is 1. The number of halogens is 1. The van der Waals surface area contributed by atoms with Crippen LogP contribution < -0.4 is 5.32 Å². The molecule has 0 saturated carbocycles. The predicted molar refractivity (Wildman–Crippen MR) is 92.1 cm³/mol. The first-order chi connectivity index (χ1) is 12.0. The van der Waals surface area contributed by atoms with Crippen molar-refractivity contribution in [1.29, 1.82) is 0 Å². The number of aromatic nitrogens is 4. The molecule has 3 aromatic heterocycles. The van der Waals surface area contributed by atoms with Crippen LogP contribution >= 0.6 is 11.3 Å². The van der Waals surface area contributed by atoms with Crippen LogP contribution in [0.4, 0.5) is 10.3 Å². The van der Waals surface area contributed by atoms with Gasteiger partial charge in [0, 0.05) is 6.20 Å². The van der Waals surface area contributed by atoms with Gasteiger partial charge in [-0.15, -0.1) is 11.3 Å². The molecule has 0 aliphatic rings. The molecule has 1 atom stereocenters. The fraction of sp³-hybridized carbons (Fsp3) is 0.312. The summed E-state index contributed by atoms with van der Waals surface area (Å²) >= 11 is 1.33. The molecular formula is C16H16FN5O2S. The highest BCUT2D eigenvalue weighted by molar-refractivity contribution is 7.18. The number of nitrogens with zero attached hydrogens (tertiary/aromatic N) is 4. The number of hydrogen-bond donors (Lipinski definition) is 1. The Bertz CT molecular complexity index is 930. The smallest absolute Gasteiger partial charge is 0.358 e. The zero-order chi connectivity index (χ0) is 18.0. The molecule has 3 rings (SSSR count). The highest BCUT2D eigenvalue weighted by atomic mass is 32.1. The second-order valence-electron chi connectivity index (χ2n) is 5.30. The first kappa shape index (κ1) is 17.2. The number of anilines is 1. The molecule has 130 valence electrons. The molecule has 1 N–H and O–H groups in total. The van der Waals surface area contributed by atoms with Crippen LogP contribution in [0.3, 0.4) is 0 Å². The summed E-state index contributed by atoms with van der Waals surface area (Å²) in [6.45, 7) is 5.62. The van der Waals surface area contributed by atoms with Gasteiger partial charge in [0.15, 0.2) is 11.3 Å². The Morgan fingerprint density at radius 1 is 1.36 bits per heavy atom. The normalized spacial score (nSPS) is 12.2. The molecule has 0 unspecified atom stereocenters. The highest BCUT2D eigenvalue weighted by Gasteiger charge is 2.20. The van der Waals surface area contributed by atoms with Crippen LogP contribution in [0.15, 0.2) is 18.5 Å². The molecule has 3 heterocycles. The maximum Gasteiger partial charge on any atom is 0.358 e. The lowest BCUT2D eigenvalue weighted by Crippen LogP contribution is -2.14. The molecule has 3 aromatic rings. The quantitative estimate of drug-likeness (QED) is 0.697. The topological polar surface area (TPSA) is 89.9 Å². The van der Waals surface area contributed by atoms with E-state index in [1.54, 1.807) is 13.1 Å². The number of hydrogen-bond acceptors (Lipinski definition) is 8. The molecular weight excluding hydrogens is 345 g/mol. The van der Waals surface area contributed by atoms with Gasteiger partial charge in [-0.2, -0.15) is 4.98 Å². The van der Waals surface area contributed by atoms with Gasteiger partial charge < -0.3 is 10.1 Å². The Morgan fingerprint density at radius 3 is 2.88 bits per heavy atom. The van der Waals surface area contributed by atoms with Crippen molar-refractivity contribution in [1.82, 2.24) is 19.9 Å². The number of fused-ring (bicyclic) bond motifs is 1. The van der Waals surface area contributed by atoms with E-state index in [0.29, 0.717) is 15.9 Å². The zero-order valence-electron chi connectivity index (χ0n) is 13.9. The van der Waals surface area contributed by atoms with Crippen LogP contribution in [0.5, 0.6) is 0 Å². The monoisotopic (exact) mass is 361 g/mol. The summed E-state index contributed by atoms with van der Waals surface area (Å²) in [7, 11) is 0. The number of nitrogens with one attached hydrogen (secondary N) is 1. The van der Waals surface area contributed by atoms with Gasteiger partial charge in [-0.05, 0) is 32.4 Å². The Labute approximate surface area is 147 Å². The van der Waals surface area contributed by atoms with Gasteiger partial charge in [0.25, 0.3) is 0 Å². The van der Waals surface area contributed by atoms with Gasteiger partial charge in [-0.1, -0.05) is 0 Å². The number of carbonyl (C=O) groups is 1. The molecule has 7 nitrogen and oxygen atoms in total. The van der Waals surface area contributed by atoms with Crippen molar-refractivity contribution in [2.75, 3.05) is 11.9 Å². The predicted octanol–water partition coefficient (Wildman–Crippen LogP) is 3.28. The molecule has 25 heavy (non-hydrogen) atoms. The van der Waals surface area contributed by atoms with E-state index in [4.69, 9.17) is 4.74 Å². The molecule has 0 bridgehead atoms. The van der Waals surface area contributed by atoms with Crippen LogP contribution in [0.25, 0.3) is 10.3 Å². The first-order valence-corrected chi connectivity index (χ1v) is 8.49. The fourth-order valence-corrected chi connectivity index (χ4v) is 3.11. The number of aryl methyl sites for hydroxylation is 1. The van der Waals surface area contributed by atoms with Crippen molar-refractivity contribution in [2.24, 2.45) is 0 Å². The average Bonchev–Trinajstić information content (AvgIpc) is 2.94. The van der Waals surface area contributed by atoms with Crippen molar-refractivity contribution in [2.45, 2.75) is 26.8 Å². The standard InChI is InChI=1S/C16H16FN5O2S/c1-4-24-15(23)12-13-14(20-9(3)25-13)22-16(21-12)19-8(2)10-5-11(17)7-18-6-10/h5-8H,4H2,1-3H3,(H,19,21,22)/t8-/m0/s1. The highest BCUT2D eigenvalue weighted by Crippen LogP contribution is 2.26. The van der Waals surface area contributed by atoms with Crippen molar-refractivity contribution in [3.8, 4) is 0 Å². The molecule has 0 radical (unpaired) electrons. The summed E-state index contributed by atoms with van der Waals surface area (Å²) in [4.78, 5) is 29.0. The van der Waals surface area contributed by atoms with Gasteiger partial charge in [0.1, 0.15) is 10.5 Å². The second kappa shape index (κ2) is 7.06. The molecule has 0 aliphatic heterocycles. The van der Waals surface area contributed by atoms with Gasteiger partial charge >= 0.3 is 5.97 Å². The summed E-state index contributed by atoms with van der Waals surface area (Å²) in [5.41, 5.74) is 1.23. The van der Waals surface area contributed by atoms with Crippen molar-refractivity contribution in [3.05, 3.63) is 40.5 Å². The summed E-state index contributed by atoms with van der Waals surface area (Å²) in [5, 5.41) is 3.82. The Balaban J connectivity index is 1.97. The van der Waals surface area contributed by atoms with Gasteiger partial charge in [0.2, 0.25) is 5.95 Å². The van der Waals surface area contributed by atoms with E-state index in [-0.39, 0.29) is 24.3 Å². The number of thiazole rings is 1. The van der Waals surface area contributed by atoms with Gasteiger partial charge in [-0.3, -0.25) is 4.98 Å². The maximum absolute atomic E-state index is 13.3. The SMILES string of the molecule is CCOC(=O)c1nc(N[C@@H](C)c2cncc(F)c2)nc2nc(C)sc12. The molecule has 0 spiro atoms. The van der Waals surface area contributed by atoms with Crippen molar-refractivity contribution >= 4 is 33.6 Å². The summed E-state index contributed by atoms with van der Waals surface area (Å²) in [5.74, 6) is -0.732. The largest absolute Gasteiger partial charge is 0.461 e. The fourth-order valence-electron chi connectivity index (χ4n) is 2.27. The Kier molecular flexibility index (Phi) is 4.84. The first-order valence-electron chi connectivity index (χ1n) is 7.67. The summed E-state index contributed by atoms with van der Waals surface area (Å²) in [6.07, 6.45) is 2.69. The lowest BCUT2D eigenvalue weighted by atomic mass is 10.1. The van der Waals surface area contributed by atoms with E-state index >= 15 is 0 Å². The number of carbonyl (C=O) groups excluding carboxylic acids is 1. The number of pyridine rings is 1. The molecule has 0 fully saturated rings. The summed E-state index contributed by atoms with van der Waals surface area (Å²) < 4.78 is 19.0. The van der Waals surface area contributed by atoms with E-state index < -0.39 is 11.8 Å². The molecule has 0 aliphatic carbocycles. The third-order valence-corrected chi connectivity index (χ3v) is 4.37. The Hall–Kier alpha value is -2.68.